The van der Waals surface area contributed by atoms with Gasteiger partial charge in [0, 0.05) is 22.5 Å². The summed E-state index contributed by atoms with van der Waals surface area (Å²) in [4.78, 5) is 4.81. The topological polar surface area (TPSA) is 43.4 Å². The van der Waals surface area contributed by atoms with Crippen molar-refractivity contribution in [1.29, 1.82) is 0 Å². The summed E-state index contributed by atoms with van der Waals surface area (Å²) >= 11 is 0. The summed E-state index contributed by atoms with van der Waals surface area (Å²) in [5.41, 5.74) is 25.2. The first-order valence-corrected chi connectivity index (χ1v) is 39.5. The van der Waals surface area contributed by atoms with E-state index in [1.165, 1.54) is 55.6 Å². The lowest BCUT2D eigenvalue weighted by Crippen LogP contribution is -2.21. The Balaban J connectivity index is 1.31. The normalized spacial score (nSPS) is 13.9. The van der Waals surface area contributed by atoms with Gasteiger partial charge in [-0.2, -0.15) is 0 Å². The molecular formula is C103H122N2O4. The van der Waals surface area contributed by atoms with Crippen LogP contribution in [0.15, 0.2) is 200 Å². The van der Waals surface area contributed by atoms with E-state index in [2.05, 4.69) is 417 Å². The molecule has 2 heterocycles. The van der Waals surface area contributed by atoms with Gasteiger partial charge in [0.25, 0.3) is 0 Å². The molecule has 2 aliphatic heterocycles. The van der Waals surface area contributed by atoms with Crippen molar-refractivity contribution in [2.75, 3.05) is 9.80 Å². The van der Waals surface area contributed by atoms with E-state index >= 15 is 0 Å². The molecule has 0 amide bonds. The number of hydrogen-bond donors (Lipinski definition) is 0. The molecule has 6 heteroatoms. The van der Waals surface area contributed by atoms with Crippen LogP contribution >= 0.6 is 0 Å². The number of anilines is 6. The molecule has 0 saturated heterocycles. The van der Waals surface area contributed by atoms with Crippen molar-refractivity contribution >= 4 is 45.3 Å². The summed E-state index contributed by atoms with van der Waals surface area (Å²) in [5.74, 6) is 5.60. The number of benzene rings is 10. The van der Waals surface area contributed by atoms with Gasteiger partial charge in [-0.3, -0.25) is 0 Å². The summed E-state index contributed by atoms with van der Waals surface area (Å²) in [6, 6.07) is 71.7. The third kappa shape index (κ3) is 16.7. The molecule has 568 valence electrons. The second-order valence-electron chi connectivity index (χ2n) is 41.1. The van der Waals surface area contributed by atoms with E-state index in [1.54, 1.807) is 0 Å². The summed E-state index contributed by atoms with van der Waals surface area (Å²) in [6.45, 7) is 68.5. The van der Waals surface area contributed by atoms with Crippen LogP contribution in [0.1, 0.15) is 286 Å². The van der Waals surface area contributed by atoms with Gasteiger partial charge in [-0.15, -0.1) is 5.73 Å². The van der Waals surface area contributed by atoms with Gasteiger partial charge in [0.15, 0.2) is 0 Å². The second kappa shape index (κ2) is 27.8. The maximum absolute atomic E-state index is 7.81. The van der Waals surface area contributed by atoms with E-state index in [-0.39, 0.29) is 54.1 Å². The summed E-state index contributed by atoms with van der Waals surface area (Å²) in [7, 11) is 0. The van der Waals surface area contributed by atoms with Gasteiger partial charge in [-0.05, 0) is 231 Å². The summed E-state index contributed by atoms with van der Waals surface area (Å²) < 4.78 is 31.2. The highest BCUT2D eigenvalue weighted by Gasteiger charge is 2.39. The Hall–Kier alpha value is -9.48. The Labute approximate surface area is 655 Å². The van der Waals surface area contributed by atoms with Gasteiger partial charge >= 0.3 is 0 Å². The first-order valence-electron chi connectivity index (χ1n) is 39.5. The monoisotopic (exact) mass is 1450 g/mol. The minimum absolute atomic E-state index is 0.0981. The summed E-state index contributed by atoms with van der Waals surface area (Å²) in [6.07, 6.45) is 0. The van der Waals surface area contributed by atoms with Crippen LogP contribution in [0.25, 0.3) is 11.1 Å². The van der Waals surface area contributed by atoms with Crippen molar-refractivity contribution in [3.05, 3.63) is 278 Å². The molecule has 12 rings (SSSR count). The van der Waals surface area contributed by atoms with Gasteiger partial charge < -0.3 is 28.7 Å². The molecule has 0 fully saturated rings. The fourth-order valence-electron chi connectivity index (χ4n) is 14.4. The Bertz CT molecular complexity index is 4480. The summed E-state index contributed by atoms with van der Waals surface area (Å²) in [5, 5.41) is 0. The molecule has 109 heavy (non-hydrogen) atoms. The molecule has 0 radical (unpaired) electrons. The second-order valence-corrected chi connectivity index (χ2v) is 41.1. The molecule has 10 aromatic rings. The molecular weight excluding hydrogens is 1330 g/mol. The van der Waals surface area contributed by atoms with Crippen molar-refractivity contribution in [3.63, 3.8) is 0 Å². The average molecular weight is 1450 g/mol. The minimum Gasteiger partial charge on any atom is -0.457 e. The van der Waals surface area contributed by atoms with Crippen LogP contribution in [0.4, 0.5) is 34.1 Å². The lowest BCUT2D eigenvalue weighted by atomic mass is 9.80. The predicted molar refractivity (Wildman–Crippen MR) is 464 cm³/mol. The van der Waals surface area contributed by atoms with Crippen LogP contribution in [0.2, 0.25) is 0 Å². The Morgan fingerprint density at radius 3 is 0.541 bits per heavy atom. The largest absolute Gasteiger partial charge is 0.457 e. The molecule has 0 saturated carbocycles. The van der Waals surface area contributed by atoms with E-state index in [0.717, 1.165) is 90.5 Å². The van der Waals surface area contributed by atoms with E-state index in [9.17, 15) is 0 Å². The van der Waals surface area contributed by atoms with Crippen LogP contribution in [-0.4, -0.2) is 0 Å². The van der Waals surface area contributed by atoms with Crippen LogP contribution in [-0.2, 0) is 54.1 Å². The van der Waals surface area contributed by atoms with Crippen LogP contribution in [0.5, 0.6) is 46.0 Å². The molecule has 10 aromatic carbocycles. The van der Waals surface area contributed by atoms with Crippen LogP contribution < -0.4 is 28.7 Å². The van der Waals surface area contributed by atoms with Crippen LogP contribution in [0.3, 0.4) is 0 Å². The Morgan fingerprint density at radius 2 is 0.376 bits per heavy atom. The number of rotatable bonds is 10. The zero-order chi connectivity index (χ0) is 79.6. The minimum atomic E-state index is -0.197. The maximum atomic E-state index is 7.81. The van der Waals surface area contributed by atoms with Gasteiger partial charge in [0.2, 0.25) is 0 Å². The van der Waals surface area contributed by atoms with Gasteiger partial charge in [-0.25, -0.2) is 0 Å². The molecule has 0 spiro atoms. The fraction of sp³-hybridized carbons (Fsp3) is 0.388. The van der Waals surface area contributed by atoms with Gasteiger partial charge in [0.1, 0.15) is 46.0 Å². The molecule has 0 atom stereocenters. The molecule has 0 bridgehead atoms. The lowest BCUT2D eigenvalue weighted by Gasteiger charge is -2.37. The van der Waals surface area contributed by atoms with Crippen molar-refractivity contribution in [2.45, 2.75) is 262 Å². The van der Waals surface area contributed by atoms with E-state index in [1.807, 2.05) is 0 Å². The van der Waals surface area contributed by atoms with Crippen molar-refractivity contribution in [3.8, 4) is 46.0 Å². The Morgan fingerprint density at radius 1 is 0.202 bits per heavy atom. The van der Waals surface area contributed by atoms with Gasteiger partial charge in [0.05, 0.1) is 45.0 Å². The number of fused-ring (bicyclic) bond motifs is 4. The van der Waals surface area contributed by atoms with E-state index in [0.29, 0.717) is 23.0 Å². The molecule has 2 aliphatic rings. The highest BCUT2D eigenvalue weighted by molar-refractivity contribution is 6.10. The standard InChI is InChI=1S/C103H122N2O4/c1-94(2,3)64-43-47-74(48-44-64)104-82-35-31-39-86(106-76-55-66(96(7,8)9)51-67(56-76)97(10,11)12)90(82)80(91-83(104)36-32-40-87(91)107-77-57-68(98(13,14)15)52-69(58-77)99(16,17)18)63-81-92-84(37-33-41-88(92)108-78-59-70(100(19,20)21)53-71(60-78)101(22,23)24)105(75-49-45-65(46-50-75)95(4,5)6)85-38-34-42-89(93(81)85)109-79-61-72(102(25,26)27)54-73(62-79)103(28,29)30/h31-62H,1-30H3. The van der Waals surface area contributed by atoms with Crippen molar-refractivity contribution in [1.82, 2.24) is 0 Å². The molecule has 6 nitrogen and oxygen atoms in total. The van der Waals surface area contributed by atoms with Crippen molar-refractivity contribution < 1.29 is 18.9 Å². The van der Waals surface area contributed by atoms with Crippen molar-refractivity contribution in [2.24, 2.45) is 0 Å². The lowest BCUT2D eigenvalue weighted by molar-refractivity contribution is 0.469. The highest BCUT2D eigenvalue weighted by atomic mass is 16.5. The zero-order valence-corrected chi connectivity index (χ0v) is 71.5. The highest BCUT2D eigenvalue weighted by Crippen LogP contribution is 2.60. The third-order valence-corrected chi connectivity index (χ3v) is 21.7. The number of hydrogen-bond acceptors (Lipinski definition) is 6. The molecule has 0 N–H and O–H groups in total. The quantitative estimate of drug-likeness (QED) is 0.127. The smallest absolute Gasteiger partial charge is 0.138 e. The Kier molecular flexibility index (Phi) is 20.2. The zero-order valence-electron chi connectivity index (χ0n) is 71.5. The number of ether oxygens (including phenoxy) is 4. The van der Waals surface area contributed by atoms with Gasteiger partial charge in [-0.1, -0.05) is 281 Å². The first kappa shape index (κ1) is 79.1. The maximum Gasteiger partial charge on any atom is 0.138 e. The van der Waals surface area contributed by atoms with Crippen LogP contribution in [0, 0.1) is 0 Å². The fourth-order valence-corrected chi connectivity index (χ4v) is 14.4. The molecule has 0 aromatic heterocycles. The third-order valence-electron chi connectivity index (χ3n) is 21.7. The van der Waals surface area contributed by atoms with E-state index < -0.39 is 0 Å². The molecule has 0 unspecified atom stereocenters. The average Bonchev–Trinajstić information content (AvgIpc) is 0.713. The van der Waals surface area contributed by atoms with E-state index in [4.69, 9.17) is 18.9 Å². The SMILES string of the molecule is CC(C)(C)c1ccc(N2c3cccc(Oc4cc(C(C)(C)C)cc(C(C)(C)C)c4)c3C(=C=C3c4c(Oc5cc(C(C)(C)C)cc(C(C)(C)C)c5)cccc4N(c4ccc(C(C)(C)C)cc4)c4cccc(Oc5cc(C(C)(C)C)cc(C(C)(C)C)c5)c43)c3c(Oc4cc(C(C)(C)C)cc(C(C)(C)C)c4)cccc32)cc1. The first-order chi connectivity index (χ1) is 50.3. The molecule has 0 aliphatic carbocycles. The predicted octanol–water partition coefficient (Wildman–Crippen LogP) is 30.6. The number of nitrogens with zero attached hydrogens (tertiary/aromatic N) is 2.